The second kappa shape index (κ2) is 7.18. The Balaban J connectivity index is 2.52. The molecule has 1 N–H and O–H groups in total. The van der Waals surface area contributed by atoms with Crippen LogP contribution in [-0.4, -0.2) is 22.3 Å². The molecule has 0 aliphatic heterocycles. The van der Waals surface area contributed by atoms with Crippen molar-refractivity contribution < 1.29 is 13.0 Å². The van der Waals surface area contributed by atoms with E-state index in [1.54, 1.807) is 0 Å². The van der Waals surface area contributed by atoms with Crippen LogP contribution >= 0.6 is 15.9 Å². The first-order valence-corrected chi connectivity index (χ1v) is 7.52. The molecule has 17 heavy (non-hydrogen) atoms. The predicted molar refractivity (Wildman–Crippen MR) is 69.3 cm³/mol. The Kier molecular flexibility index (Phi) is 6.22. The number of hydrogen-bond donors (Lipinski definition) is 1. The maximum atomic E-state index is 13.5. The molecule has 0 fully saturated rings. The van der Waals surface area contributed by atoms with Crippen molar-refractivity contribution in [1.82, 2.24) is 5.32 Å². The van der Waals surface area contributed by atoms with Gasteiger partial charge in [-0.2, -0.15) is 0 Å². The summed E-state index contributed by atoms with van der Waals surface area (Å²) in [4.78, 5) is 0. The number of rotatable bonds is 6. The van der Waals surface area contributed by atoms with Crippen molar-refractivity contribution in [3.8, 4) is 0 Å². The second-order valence-corrected chi connectivity index (χ2v) is 6.15. The zero-order valence-electron chi connectivity index (χ0n) is 9.43. The minimum Gasteiger partial charge on any atom is -0.312 e. The molecule has 0 spiro atoms. The van der Waals surface area contributed by atoms with Crippen LogP contribution in [0.2, 0.25) is 0 Å². The van der Waals surface area contributed by atoms with Gasteiger partial charge < -0.3 is 5.32 Å². The van der Waals surface area contributed by atoms with E-state index in [-0.39, 0.29) is 16.6 Å². The van der Waals surface area contributed by atoms with Crippen molar-refractivity contribution in [2.45, 2.75) is 13.5 Å². The van der Waals surface area contributed by atoms with Gasteiger partial charge in [-0.1, -0.05) is 6.92 Å². The SMILES string of the molecule is CCS(=O)CCNCc1c(F)ccc(Br)c1F. The van der Waals surface area contributed by atoms with Crippen LogP contribution in [0.5, 0.6) is 0 Å². The van der Waals surface area contributed by atoms with Gasteiger partial charge in [0, 0.05) is 41.0 Å². The Bertz CT molecular complexity index is 415. The summed E-state index contributed by atoms with van der Waals surface area (Å²) in [6, 6.07) is 2.55. The Morgan fingerprint density at radius 1 is 1.41 bits per heavy atom. The molecule has 1 atom stereocenters. The molecule has 6 heteroatoms. The Labute approximate surface area is 110 Å². The van der Waals surface area contributed by atoms with Crippen molar-refractivity contribution >= 4 is 26.7 Å². The summed E-state index contributed by atoms with van der Waals surface area (Å²) < 4.78 is 38.2. The molecule has 0 saturated carbocycles. The highest BCUT2D eigenvalue weighted by atomic mass is 79.9. The van der Waals surface area contributed by atoms with Gasteiger partial charge in [0.05, 0.1) is 4.47 Å². The Morgan fingerprint density at radius 2 is 2.12 bits per heavy atom. The largest absolute Gasteiger partial charge is 0.312 e. The zero-order valence-corrected chi connectivity index (χ0v) is 11.8. The van der Waals surface area contributed by atoms with E-state index < -0.39 is 22.4 Å². The van der Waals surface area contributed by atoms with Gasteiger partial charge in [0.1, 0.15) is 11.6 Å². The van der Waals surface area contributed by atoms with Gasteiger partial charge in [-0.15, -0.1) is 0 Å². The molecule has 0 saturated heterocycles. The molecule has 1 rings (SSSR count). The Hall–Kier alpha value is -0.330. The lowest BCUT2D eigenvalue weighted by molar-refractivity contribution is 0.536. The van der Waals surface area contributed by atoms with E-state index in [1.165, 1.54) is 12.1 Å². The zero-order chi connectivity index (χ0) is 12.8. The van der Waals surface area contributed by atoms with Crippen molar-refractivity contribution in [2.75, 3.05) is 18.1 Å². The number of halogens is 3. The van der Waals surface area contributed by atoms with E-state index in [1.807, 2.05) is 6.92 Å². The third kappa shape index (κ3) is 4.44. The molecular weight excluding hydrogens is 312 g/mol. The monoisotopic (exact) mass is 325 g/mol. The van der Waals surface area contributed by atoms with Gasteiger partial charge in [-0.3, -0.25) is 4.21 Å². The van der Waals surface area contributed by atoms with Crippen molar-refractivity contribution in [2.24, 2.45) is 0 Å². The number of benzene rings is 1. The van der Waals surface area contributed by atoms with Gasteiger partial charge >= 0.3 is 0 Å². The maximum Gasteiger partial charge on any atom is 0.144 e. The van der Waals surface area contributed by atoms with Gasteiger partial charge in [0.15, 0.2) is 0 Å². The lowest BCUT2D eigenvalue weighted by atomic mass is 10.2. The molecule has 1 aromatic rings. The van der Waals surface area contributed by atoms with Crippen LogP contribution in [0.3, 0.4) is 0 Å². The summed E-state index contributed by atoms with van der Waals surface area (Å²) in [6.45, 7) is 2.41. The van der Waals surface area contributed by atoms with Crippen LogP contribution in [0.25, 0.3) is 0 Å². The summed E-state index contributed by atoms with van der Waals surface area (Å²) >= 11 is 3.01. The highest BCUT2D eigenvalue weighted by molar-refractivity contribution is 9.10. The standard InChI is InChI=1S/C11H14BrF2NOS/c1-2-17(16)6-5-15-7-8-10(13)4-3-9(12)11(8)14/h3-4,15H,2,5-7H2,1H3. The van der Waals surface area contributed by atoms with Gasteiger partial charge in [0.25, 0.3) is 0 Å². The number of nitrogens with one attached hydrogen (secondary N) is 1. The van der Waals surface area contributed by atoms with E-state index >= 15 is 0 Å². The highest BCUT2D eigenvalue weighted by Gasteiger charge is 2.11. The lowest BCUT2D eigenvalue weighted by Gasteiger charge is -2.08. The summed E-state index contributed by atoms with van der Waals surface area (Å²) in [7, 11) is -0.859. The fourth-order valence-electron chi connectivity index (χ4n) is 1.27. The highest BCUT2D eigenvalue weighted by Crippen LogP contribution is 2.21. The molecule has 2 nitrogen and oxygen atoms in total. The normalized spacial score (nSPS) is 12.7. The quantitative estimate of drug-likeness (QED) is 0.643. The van der Waals surface area contributed by atoms with E-state index in [4.69, 9.17) is 0 Å². The molecule has 1 unspecified atom stereocenters. The molecule has 0 aliphatic carbocycles. The molecule has 0 heterocycles. The molecule has 0 radical (unpaired) electrons. The molecule has 0 amide bonds. The smallest absolute Gasteiger partial charge is 0.144 e. The van der Waals surface area contributed by atoms with Crippen LogP contribution < -0.4 is 5.32 Å². The van der Waals surface area contributed by atoms with Crippen molar-refractivity contribution in [3.63, 3.8) is 0 Å². The van der Waals surface area contributed by atoms with Crippen LogP contribution in [0.1, 0.15) is 12.5 Å². The average molecular weight is 326 g/mol. The first-order valence-electron chi connectivity index (χ1n) is 5.24. The minimum absolute atomic E-state index is 0.00153. The van der Waals surface area contributed by atoms with Gasteiger partial charge in [-0.05, 0) is 28.1 Å². The van der Waals surface area contributed by atoms with E-state index in [9.17, 15) is 13.0 Å². The van der Waals surface area contributed by atoms with E-state index in [0.29, 0.717) is 18.1 Å². The topological polar surface area (TPSA) is 29.1 Å². The van der Waals surface area contributed by atoms with E-state index in [0.717, 1.165) is 0 Å². The van der Waals surface area contributed by atoms with Crippen LogP contribution in [0.4, 0.5) is 8.78 Å². The second-order valence-electron chi connectivity index (χ2n) is 3.43. The van der Waals surface area contributed by atoms with Gasteiger partial charge in [-0.25, -0.2) is 8.78 Å². The summed E-state index contributed by atoms with van der Waals surface area (Å²) in [6.07, 6.45) is 0. The third-order valence-corrected chi connectivity index (χ3v) is 4.19. The molecule has 0 aromatic heterocycles. The first kappa shape index (κ1) is 14.7. The van der Waals surface area contributed by atoms with Crippen LogP contribution in [0.15, 0.2) is 16.6 Å². The van der Waals surface area contributed by atoms with Crippen molar-refractivity contribution in [1.29, 1.82) is 0 Å². The van der Waals surface area contributed by atoms with Crippen LogP contribution in [-0.2, 0) is 17.3 Å². The lowest BCUT2D eigenvalue weighted by Crippen LogP contribution is -2.22. The molecule has 0 bridgehead atoms. The molecule has 0 aliphatic rings. The first-order chi connectivity index (χ1) is 8.06. The maximum absolute atomic E-state index is 13.5. The van der Waals surface area contributed by atoms with E-state index in [2.05, 4.69) is 21.2 Å². The summed E-state index contributed by atoms with van der Waals surface area (Å²) in [5.41, 5.74) is 0.00153. The molecular formula is C11H14BrF2NOS. The third-order valence-electron chi connectivity index (χ3n) is 2.27. The summed E-state index contributed by atoms with van der Waals surface area (Å²) in [5.74, 6) is -0.0707. The Morgan fingerprint density at radius 3 is 2.76 bits per heavy atom. The summed E-state index contributed by atoms with van der Waals surface area (Å²) in [5, 5.41) is 2.88. The molecule has 1 aromatic carbocycles. The van der Waals surface area contributed by atoms with Crippen molar-refractivity contribution in [3.05, 3.63) is 33.8 Å². The fraction of sp³-hybridized carbons (Fsp3) is 0.455. The predicted octanol–water partition coefficient (Wildman–Crippen LogP) is 2.59. The number of hydrogen-bond acceptors (Lipinski definition) is 2. The fourth-order valence-corrected chi connectivity index (χ4v) is 2.31. The minimum atomic E-state index is -0.859. The van der Waals surface area contributed by atoms with Crippen LogP contribution in [0, 0.1) is 11.6 Å². The van der Waals surface area contributed by atoms with Gasteiger partial charge in [0.2, 0.25) is 0 Å². The average Bonchev–Trinajstić information content (AvgIpc) is 2.32. The molecule has 96 valence electrons.